The lowest BCUT2D eigenvalue weighted by Crippen LogP contribution is -2.09. The maximum atomic E-state index is 11.8. The predicted octanol–water partition coefficient (Wildman–Crippen LogP) is 2.24. The Kier molecular flexibility index (Phi) is 2.67. The van der Waals surface area contributed by atoms with E-state index < -0.39 is 0 Å². The normalized spacial score (nSPS) is 18.7. The van der Waals surface area contributed by atoms with Crippen molar-refractivity contribution >= 4 is 17.4 Å². The van der Waals surface area contributed by atoms with Gasteiger partial charge in [-0.25, -0.2) is 0 Å². The van der Waals surface area contributed by atoms with Gasteiger partial charge < -0.3 is 9.47 Å². The molecule has 1 saturated heterocycles. The van der Waals surface area contributed by atoms with Gasteiger partial charge in [-0.15, -0.1) is 0 Å². The molecule has 0 N–H and O–H groups in total. The molecule has 1 heterocycles. The Balaban J connectivity index is 2.43. The van der Waals surface area contributed by atoms with Gasteiger partial charge in [0.2, 0.25) is 0 Å². The van der Waals surface area contributed by atoms with Crippen LogP contribution in [0.1, 0.15) is 15.9 Å². The zero-order chi connectivity index (χ0) is 11.0. The Morgan fingerprint density at radius 1 is 1.60 bits per heavy atom. The summed E-state index contributed by atoms with van der Waals surface area (Å²) in [6, 6.07) is 3.40. The van der Waals surface area contributed by atoms with Crippen LogP contribution in [0.25, 0.3) is 0 Å². The first-order valence-corrected chi connectivity index (χ1v) is 5.01. The van der Waals surface area contributed by atoms with Crippen LogP contribution in [0.4, 0.5) is 0 Å². The average molecular weight is 227 g/mol. The molecule has 80 valence electrons. The Bertz CT molecular complexity index is 411. The molecule has 1 aliphatic rings. The summed E-state index contributed by atoms with van der Waals surface area (Å²) in [5, 5.41) is 0.569. The molecule has 15 heavy (non-hydrogen) atoms. The number of epoxide rings is 1. The van der Waals surface area contributed by atoms with Gasteiger partial charge >= 0.3 is 0 Å². The molecule has 1 atom stereocenters. The molecule has 2 rings (SSSR count). The smallest absolute Gasteiger partial charge is 0.197 e. The van der Waals surface area contributed by atoms with E-state index in [4.69, 9.17) is 21.1 Å². The van der Waals surface area contributed by atoms with Crippen LogP contribution in [0, 0.1) is 6.92 Å². The number of methoxy groups -OCH3 is 1. The van der Waals surface area contributed by atoms with Crippen LogP contribution < -0.4 is 4.74 Å². The van der Waals surface area contributed by atoms with Crippen LogP contribution in [-0.4, -0.2) is 25.6 Å². The summed E-state index contributed by atoms with van der Waals surface area (Å²) >= 11 is 5.96. The van der Waals surface area contributed by atoms with E-state index in [1.165, 1.54) is 7.11 Å². The van der Waals surface area contributed by atoms with E-state index in [0.29, 0.717) is 22.9 Å². The molecule has 0 bridgehead atoms. The average Bonchev–Trinajstić information content (AvgIpc) is 3.04. The van der Waals surface area contributed by atoms with Gasteiger partial charge in [-0.05, 0) is 24.6 Å². The molecule has 1 aromatic carbocycles. The number of carbonyl (C=O) groups is 1. The van der Waals surface area contributed by atoms with E-state index in [1.807, 2.05) is 6.92 Å². The van der Waals surface area contributed by atoms with Crippen molar-refractivity contribution in [3.63, 3.8) is 0 Å². The largest absolute Gasteiger partial charge is 0.496 e. The van der Waals surface area contributed by atoms with E-state index in [9.17, 15) is 4.79 Å². The van der Waals surface area contributed by atoms with E-state index in [1.54, 1.807) is 12.1 Å². The third kappa shape index (κ3) is 1.98. The monoisotopic (exact) mass is 226 g/mol. The second kappa shape index (κ2) is 3.83. The third-order valence-corrected chi connectivity index (χ3v) is 2.78. The molecule has 0 aromatic heterocycles. The van der Waals surface area contributed by atoms with Crippen molar-refractivity contribution in [1.29, 1.82) is 0 Å². The summed E-state index contributed by atoms with van der Waals surface area (Å²) < 4.78 is 10.1. The minimum absolute atomic E-state index is 0.0613. The molecule has 1 unspecified atom stereocenters. The Hall–Kier alpha value is -1.06. The zero-order valence-corrected chi connectivity index (χ0v) is 9.30. The maximum absolute atomic E-state index is 11.8. The molecular weight excluding hydrogens is 216 g/mol. The Morgan fingerprint density at radius 2 is 2.27 bits per heavy atom. The number of hydrogen-bond acceptors (Lipinski definition) is 3. The first-order valence-electron chi connectivity index (χ1n) is 4.63. The van der Waals surface area contributed by atoms with Crippen molar-refractivity contribution in [1.82, 2.24) is 0 Å². The Morgan fingerprint density at radius 3 is 2.80 bits per heavy atom. The molecule has 0 aliphatic carbocycles. The number of hydrogen-bond donors (Lipinski definition) is 0. The Labute approximate surface area is 92.9 Å². The molecular formula is C11H11ClO3. The van der Waals surface area contributed by atoms with Crippen molar-refractivity contribution in [2.24, 2.45) is 0 Å². The number of Topliss-reactive ketones (excluding diaryl/α,β-unsaturated/α-hetero) is 1. The molecule has 1 fully saturated rings. The number of ketones is 1. The SMILES string of the molecule is COc1cc(C)c(Cl)cc1C(=O)C1CO1. The molecule has 4 heteroatoms. The second-order valence-corrected chi connectivity index (χ2v) is 3.90. The molecule has 0 radical (unpaired) electrons. The number of benzene rings is 1. The first kappa shape index (κ1) is 10.5. The molecule has 3 nitrogen and oxygen atoms in total. The van der Waals surface area contributed by atoms with Crippen LogP contribution in [0.5, 0.6) is 5.75 Å². The highest BCUT2D eigenvalue weighted by molar-refractivity contribution is 6.31. The van der Waals surface area contributed by atoms with Crippen LogP contribution in [0.2, 0.25) is 5.02 Å². The highest BCUT2D eigenvalue weighted by Gasteiger charge is 2.33. The van der Waals surface area contributed by atoms with E-state index >= 15 is 0 Å². The number of halogens is 1. The van der Waals surface area contributed by atoms with Crippen molar-refractivity contribution < 1.29 is 14.3 Å². The van der Waals surface area contributed by atoms with Gasteiger partial charge in [-0.1, -0.05) is 11.6 Å². The van der Waals surface area contributed by atoms with Crippen LogP contribution in [0.15, 0.2) is 12.1 Å². The highest BCUT2D eigenvalue weighted by atomic mass is 35.5. The van der Waals surface area contributed by atoms with Gasteiger partial charge in [-0.2, -0.15) is 0 Å². The quantitative estimate of drug-likeness (QED) is 0.586. The van der Waals surface area contributed by atoms with Crippen molar-refractivity contribution in [2.75, 3.05) is 13.7 Å². The predicted molar refractivity (Wildman–Crippen MR) is 56.8 cm³/mol. The van der Waals surface area contributed by atoms with Gasteiger partial charge in [0.25, 0.3) is 0 Å². The summed E-state index contributed by atoms with van der Waals surface area (Å²) in [6.07, 6.45) is -0.308. The minimum atomic E-state index is -0.308. The topological polar surface area (TPSA) is 38.8 Å². The summed E-state index contributed by atoms with van der Waals surface area (Å²) in [4.78, 5) is 11.8. The summed E-state index contributed by atoms with van der Waals surface area (Å²) in [5.41, 5.74) is 1.39. The summed E-state index contributed by atoms with van der Waals surface area (Å²) in [7, 11) is 1.53. The van der Waals surface area contributed by atoms with Crippen molar-refractivity contribution in [3.05, 3.63) is 28.3 Å². The minimum Gasteiger partial charge on any atom is -0.496 e. The fourth-order valence-corrected chi connectivity index (χ4v) is 1.55. The van der Waals surface area contributed by atoms with Crippen molar-refractivity contribution in [3.8, 4) is 5.75 Å². The molecule has 1 aromatic rings. The van der Waals surface area contributed by atoms with Gasteiger partial charge in [0.1, 0.15) is 11.9 Å². The van der Waals surface area contributed by atoms with E-state index in [0.717, 1.165) is 5.56 Å². The van der Waals surface area contributed by atoms with Crippen molar-refractivity contribution in [2.45, 2.75) is 13.0 Å². The third-order valence-electron chi connectivity index (χ3n) is 2.37. The number of aryl methyl sites for hydroxylation is 1. The summed E-state index contributed by atoms with van der Waals surface area (Å²) in [6.45, 7) is 2.36. The van der Waals surface area contributed by atoms with Gasteiger partial charge in [0.05, 0.1) is 19.3 Å². The van der Waals surface area contributed by atoms with Crippen LogP contribution in [0.3, 0.4) is 0 Å². The lowest BCUT2D eigenvalue weighted by atomic mass is 10.1. The highest BCUT2D eigenvalue weighted by Crippen LogP contribution is 2.29. The molecule has 0 saturated carbocycles. The molecule has 0 amide bonds. The van der Waals surface area contributed by atoms with Crippen LogP contribution >= 0.6 is 11.6 Å². The first-order chi connectivity index (χ1) is 7.13. The summed E-state index contributed by atoms with van der Waals surface area (Å²) in [5.74, 6) is 0.492. The number of carbonyl (C=O) groups excluding carboxylic acids is 1. The van der Waals surface area contributed by atoms with Crippen LogP contribution in [-0.2, 0) is 4.74 Å². The van der Waals surface area contributed by atoms with Gasteiger partial charge in [0.15, 0.2) is 5.78 Å². The number of rotatable bonds is 3. The molecule has 0 spiro atoms. The fraction of sp³-hybridized carbons (Fsp3) is 0.364. The maximum Gasteiger partial charge on any atom is 0.197 e. The standard InChI is InChI=1S/C11H11ClO3/c1-6-3-9(14-2)7(4-8(6)12)11(13)10-5-15-10/h3-4,10H,5H2,1-2H3. The van der Waals surface area contributed by atoms with Gasteiger partial charge in [-0.3, -0.25) is 4.79 Å². The lowest BCUT2D eigenvalue weighted by Gasteiger charge is -2.08. The number of ether oxygens (including phenoxy) is 2. The lowest BCUT2D eigenvalue weighted by molar-refractivity contribution is 0.0950. The zero-order valence-electron chi connectivity index (χ0n) is 8.54. The van der Waals surface area contributed by atoms with Gasteiger partial charge in [0, 0.05) is 5.02 Å². The molecule has 1 aliphatic heterocycles. The second-order valence-electron chi connectivity index (χ2n) is 3.49. The fourth-order valence-electron chi connectivity index (χ4n) is 1.39. The van der Waals surface area contributed by atoms with E-state index in [2.05, 4.69) is 0 Å². The van der Waals surface area contributed by atoms with E-state index in [-0.39, 0.29) is 11.9 Å².